The van der Waals surface area contributed by atoms with E-state index in [1.807, 2.05) is 36.4 Å². The Morgan fingerprint density at radius 3 is 2.68 bits per heavy atom. The third-order valence-corrected chi connectivity index (χ3v) is 3.13. The number of carbonyl (C=O) groups is 1. The lowest BCUT2D eigenvalue weighted by molar-refractivity contribution is -0.120. The summed E-state index contributed by atoms with van der Waals surface area (Å²) in [5.74, 6) is -0.0287. The van der Waals surface area contributed by atoms with Gasteiger partial charge in [0.1, 0.15) is 6.33 Å². The van der Waals surface area contributed by atoms with Crippen molar-refractivity contribution in [1.29, 1.82) is 0 Å². The molecule has 1 amide bonds. The van der Waals surface area contributed by atoms with Crippen LogP contribution in [-0.4, -0.2) is 31.1 Å². The van der Waals surface area contributed by atoms with Crippen molar-refractivity contribution >= 4 is 5.91 Å². The van der Waals surface area contributed by atoms with Crippen LogP contribution in [0.4, 0.5) is 0 Å². The lowest BCUT2D eigenvalue weighted by Crippen LogP contribution is -2.24. The summed E-state index contributed by atoms with van der Waals surface area (Å²) in [6, 6.07) is 11.3. The Balaban J connectivity index is 1.55. The van der Waals surface area contributed by atoms with E-state index in [-0.39, 0.29) is 5.91 Å². The minimum absolute atomic E-state index is 0.0287. The lowest BCUT2D eigenvalue weighted by Gasteiger charge is -2.06. The molecule has 7 heteroatoms. The van der Waals surface area contributed by atoms with Crippen LogP contribution in [0, 0.1) is 0 Å². The number of nitrogens with one attached hydrogen (secondary N) is 1. The molecule has 3 aromatic rings. The number of pyridine rings is 1. The van der Waals surface area contributed by atoms with E-state index < -0.39 is 0 Å². The van der Waals surface area contributed by atoms with Crippen LogP contribution in [-0.2, 0) is 17.8 Å². The van der Waals surface area contributed by atoms with Gasteiger partial charge in [-0.25, -0.2) is 4.68 Å². The standard InChI is InChI=1S/C15H14N6O/c22-15(17-10-13-2-1-7-16-9-13)8-12-3-5-14(6-4-12)21-11-18-19-20-21/h1-7,9,11H,8,10H2,(H,17,22). The van der Waals surface area contributed by atoms with Gasteiger partial charge in [0.05, 0.1) is 12.1 Å². The molecule has 2 aromatic heterocycles. The molecular formula is C15H14N6O. The number of tetrazole rings is 1. The van der Waals surface area contributed by atoms with Crippen LogP contribution in [0.2, 0.25) is 0 Å². The number of hydrogen-bond acceptors (Lipinski definition) is 5. The van der Waals surface area contributed by atoms with Gasteiger partial charge in [0, 0.05) is 18.9 Å². The Hall–Kier alpha value is -3.09. The highest BCUT2D eigenvalue weighted by Gasteiger charge is 2.04. The molecule has 0 spiro atoms. The van der Waals surface area contributed by atoms with Crippen LogP contribution in [0.3, 0.4) is 0 Å². The quantitative estimate of drug-likeness (QED) is 0.756. The van der Waals surface area contributed by atoms with Crippen molar-refractivity contribution in [1.82, 2.24) is 30.5 Å². The Labute approximate surface area is 127 Å². The summed E-state index contributed by atoms with van der Waals surface area (Å²) in [5, 5.41) is 13.9. The van der Waals surface area contributed by atoms with Crippen molar-refractivity contribution in [2.75, 3.05) is 0 Å². The van der Waals surface area contributed by atoms with Gasteiger partial charge >= 0.3 is 0 Å². The highest BCUT2D eigenvalue weighted by molar-refractivity contribution is 5.78. The van der Waals surface area contributed by atoms with Gasteiger partial charge in [-0.2, -0.15) is 0 Å². The summed E-state index contributed by atoms with van der Waals surface area (Å²) < 4.78 is 1.56. The summed E-state index contributed by atoms with van der Waals surface area (Å²) in [5.41, 5.74) is 2.76. The molecule has 3 rings (SSSR count). The molecule has 7 nitrogen and oxygen atoms in total. The van der Waals surface area contributed by atoms with E-state index >= 15 is 0 Å². The average Bonchev–Trinajstić information content (AvgIpc) is 3.09. The van der Waals surface area contributed by atoms with Crippen LogP contribution in [0.1, 0.15) is 11.1 Å². The second-order valence-electron chi connectivity index (χ2n) is 4.74. The largest absolute Gasteiger partial charge is 0.352 e. The van der Waals surface area contributed by atoms with Gasteiger partial charge in [0.25, 0.3) is 0 Å². The molecule has 0 atom stereocenters. The van der Waals surface area contributed by atoms with Gasteiger partial charge in [0.15, 0.2) is 0 Å². The zero-order valence-electron chi connectivity index (χ0n) is 11.8. The van der Waals surface area contributed by atoms with Crippen molar-refractivity contribution in [2.24, 2.45) is 0 Å². The fraction of sp³-hybridized carbons (Fsp3) is 0.133. The number of carbonyl (C=O) groups excluding carboxylic acids is 1. The second kappa shape index (κ2) is 6.57. The van der Waals surface area contributed by atoms with Gasteiger partial charge in [-0.05, 0) is 39.8 Å². The molecule has 0 radical (unpaired) electrons. The van der Waals surface area contributed by atoms with E-state index in [1.54, 1.807) is 17.1 Å². The summed E-state index contributed by atoms with van der Waals surface area (Å²) in [7, 11) is 0. The van der Waals surface area contributed by atoms with Crippen molar-refractivity contribution < 1.29 is 4.79 Å². The Kier molecular flexibility index (Phi) is 4.15. The number of aromatic nitrogens is 5. The molecular weight excluding hydrogens is 280 g/mol. The fourth-order valence-electron chi connectivity index (χ4n) is 2.00. The smallest absolute Gasteiger partial charge is 0.224 e. The van der Waals surface area contributed by atoms with Gasteiger partial charge in [0.2, 0.25) is 5.91 Å². The van der Waals surface area contributed by atoms with Gasteiger partial charge in [-0.15, -0.1) is 5.10 Å². The van der Waals surface area contributed by atoms with Crippen LogP contribution in [0.25, 0.3) is 5.69 Å². The SMILES string of the molecule is O=C(Cc1ccc(-n2cnnn2)cc1)NCc1cccnc1. The highest BCUT2D eigenvalue weighted by atomic mass is 16.1. The minimum atomic E-state index is -0.0287. The van der Waals surface area contributed by atoms with Crippen LogP contribution in [0.5, 0.6) is 0 Å². The predicted molar refractivity (Wildman–Crippen MR) is 78.9 cm³/mol. The van der Waals surface area contributed by atoms with E-state index in [4.69, 9.17) is 0 Å². The first kappa shape index (κ1) is 13.9. The maximum Gasteiger partial charge on any atom is 0.224 e. The van der Waals surface area contributed by atoms with E-state index in [1.165, 1.54) is 6.33 Å². The van der Waals surface area contributed by atoms with E-state index in [0.29, 0.717) is 13.0 Å². The highest BCUT2D eigenvalue weighted by Crippen LogP contribution is 2.08. The number of benzene rings is 1. The van der Waals surface area contributed by atoms with Crippen molar-refractivity contribution in [2.45, 2.75) is 13.0 Å². The molecule has 0 saturated carbocycles. The number of rotatable bonds is 5. The molecule has 2 heterocycles. The Bertz CT molecular complexity index is 724. The van der Waals surface area contributed by atoms with Gasteiger partial charge < -0.3 is 5.32 Å². The zero-order chi connectivity index (χ0) is 15.2. The Morgan fingerprint density at radius 2 is 2.00 bits per heavy atom. The first-order chi connectivity index (χ1) is 10.8. The molecule has 1 N–H and O–H groups in total. The molecule has 0 aliphatic rings. The number of nitrogens with zero attached hydrogens (tertiary/aromatic N) is 5. The van der Waals surface area contributed by atoms with Crippen LogP contribution >= 0.6 is 0 Å². The summed E-state index contributed by atoms with van der Waals surface area (Å²) >= 11 is 0. The average molecular weight is 294 g/mol. The lowest BCUT2D eigenvalue weighted by atomic mass is 10.1. The molecule has 0 aliphatic carbocycles. The predicted octanol–water partition coefficient (Wildman–Crippen LogP) is 0.916. The molecule has 0 saturated heterocycles. The first-order valence-electron chi connectivity index (χ1n) is 6.79. The minimum Gasteiger partial charge on any atom is -0.352 e. The molecule has 110 valence electrons. The van der Waals surface area contributed by atoms with E-state index in [0.717, 1.165) is 16.8 Å². The van der Waals surface area contributed by atoms with E-state index in [2.05, 4.69) is 25.8 Å². The fourth-order valence-corrected chi connectivity index (χ4v) is 2.00. The maximum absolute atomic E-state index is 11.9. The molecule has 0 aliphatic heterocycles. The van der Waals surface area contributed by atoms with Crippen LogP contribution in [0.15, 0.2) is 55.1 Å². The maximum atomic E-state index is 11.9. The van der Waals surface area contributed by atoms with Crippen molar-refractivity contribution in [3.63, 3.8) is 0 Å². The monoisotopic (exact) mass is 294 g/mol. The number of amides is 1. The van der Waals surface area contributed by atoms with Gasteiger partial charge in [-0.1, -0.05) is 18.2 Å². The first-order valence-corrected chi connectivity index (χ1v) is 6.79. The third-order valence-electron chi connectivity index (χ3n) is 3.13. The third kappa shape index (κ3) is 3.51. The molecule has 0 fully saturated rings. The summed E-state index contributed by atoms with van der Waals surface area (Å²) in [6.07, 6.45) is 5.30. The zero-order valence-corrected chi connectivity index (χ0v) is 11.8. The molecule has 0 bridgehead atoms. The van der Waals surface area contributed by atoms with Crippen LogP contribution < -0.4 is 5.32 Å². The molecule has 0 unspecified atom stereocenters. The van der Waals surface area contributed by atoms with E-state index in [9.17, 15) is 4.79 Å². The van der Waals surface area contributed by atoms with Gasteiger partial charge in [-0.3, -0.25) is 9.78 Å². The normalized spacial score (nSPS) is 10.4. The number of hydrogen-bond donors (Lipinski definition) is 1. The van der Waals surface area contributed by atoms with Crippen molar-refractivity contribution in [3.05, 3.63) is 66.2 Å². The van der Waals surface area contributed by atoms with Crippen molar-refractivity contribution in [3.8, 4) is 5.69 Å². The second-order valence-corrected chi connectivity index (χ2v) is 4.74. The summed E-state index contributed by atoms with van der Waals surface area (Å²) in [4.78, 5) is 15.9. The molecule has 1 aromatic carbocycles. The summed E-state index contributed by atoms with van der Waals surface area (Å²) in [6.45, 7) is 0.482. The topological polar surface area (TPSA) is 85.6 Å². The Morgan fingerprint density at radius 1 is 1.14 bits per heavy atom. The molecule has 22 heavy (non-hydrogen) atoms.